The Kier molecular flexibility index (Phi) is 5.07. The van der Waals surface area contributed by atoms with E-state index in [-0.39, 0.29) is 5.91 Å². The van der Waals surface area contributed by atoms with Gasteiger partial charge in [-0.15, -0.1) is 0 Å². The SMILES string of the molecule is O=C(NCc1ccccc1Cl)c1cc(Cl)ccc1I. The van der Waals surface area contributed by atoms with Crippen LogP contribution in [0.5, 0.6) is 0 Å². The van der Waals surface area contributed by atoms with Crippen molar-refractivity contribution in [1.29, 1.82) is 0 Å². The number of nitrogens with one attached hydrogen (secondary N) is 1. The van der Waals surface area contributed by atoms with Gasteiger partial charge in [-0.25, -0.2) is 0 Å². The zero-order chi connectivity index (χ0) is 13.8. The van der Waals surface area contributed by atoms with Gasteiger partial charge in [0.25, 0.3) is 5.91 Å². The first-order chi connectivity index (χ1) is 9.08. The lowest BCUT2D eigenvalue weighted by Gasteiger charge is -2.08. The number of amides is 1. The van der Waals surface area contributed by atoms with Crippen LogP contribution >= 0.6 is 45.8 Å². The highest BCUT2D eigenvalue weighted by molar-refractivity contribution is 14.1. The summed E-state index contributed by atoms with van der Waals surface area (Å²) < 4.78 is 0.860. The first-order valence-electron chi connectivity index (χ1n) is 5.54. The molecule has 0 atom stereocenters. The van der Waals surface area contributed by atoms with Crippen LogP contribution in [0.2, 0.25) is 10.0 Å². The zero-order valence-corrected chi connectivity index (χ0v) is 13.5. The Morgan fingerprint density at radius 1 is 1.16 bits per heavy atom. The molecule has 0 aliphatic heterocycles. The molecule has 0 heterocycles. The lowest BCUT2D eigenvalue weighted by molar-refractivity contribution is 0.0950. The van der Waals surface area contributed by atoms with Crippen LogP contribution in [0.25, 0.3) is 0 Å². The lowest BCUT2D eigenvalue weighted by Crippen LogP contribution is -2.23. The van der Waals surface area contributed by atoms with Gasteiger partial charge >= 0.3 is 0 Å². The summed E-state index contributed by atoms with van der Waals surface area (Å²) >= 11 is 14.0. The summed E-state index contributed by atoms with van der Waals surface area (Å²) in [5.74, 6) is -0.160. The summed E-state index contributed by atoms with van der Waals surface area (Å²) in [6, 6.07) is 12.6. The van der Waals surface area contributed by atoms with E-state index in [0.717, 1.165) is 9.13 Å². The fraction of sp³-hybridized carbons (Fsp3) is 0.0714. The normalized spacial score (nSPS) is 10.3. The molecule has 0 spiro atoms. The molecule has 0 aliphatic carbocycles. The lowest BCUT2D eigenvalue weighted by atomic mass is 10.2. The van der Waals surface area contributed by atoms with Gasteiger partial charge < -0.3 is 5.32 Å². The average molecular weight is 406 g/mol. The number of hydrogen-bond donors (Lipinski definition) is 1. The molecule has 0 fully saturated rings. The predicted molar refractivity (Wildman–Crippen MR) is 86.8 cm³/mol. The minimum atomic E-state index is -0.160. The summed E-state index contributed by atoms with van der Waals surface area (Å²) in [6.45, 7) is 0.390. The van der Waals surface area contributed by atoms with Gasteiger partial charge in [-0.3, -0.25) is 4.79 Å². The van der Waals surface area contributed by atoms with E-state index in [1.54, 1.807) is 18.2 Å². The fourth-order valence-corrected chi connectivity index (χ4v) is 2.54. The van der Waals surface area contributed by atoms with Crippen LogP contribution in [-0.2, 0) is 6.54 Å². The maximum absolute atomic E-state index is 12.1. The largest absolute Gasteiger partial charge is 0.348 e. The van der Waals surface area contributed by atoms with E-state index >= 15 is 0 Å². The van der Waals surface area contributed by atoms with Gasteiger partial charge in [-0.1, -0.05) is 41.4 Å². The maximum Gasteiger partial charge on any atom is 0.252 e. The van der Waals surface area contributed by atoms with E-state index in [0.29, 0.717) is 22.2 Å². The van der Waals surface area contributed by atoms with E-state index in [1.165, 1.54) is 0 Å². The molecule has 2 rings (SSSR count). The van der Waals surface area contributed by atoms with Gasteiger partial charge in [0.2, 0.25) is 0 Å². The van der Waals surface area contributed by atoms with E-state index < -0.39 is 0 Å². The van der Waals surface area contributed by atoms with Crippen LogP contribution in [0.4, 0.5) is 0 Å². The summed E-state index contributed by atoms with van der Waals surface area (Å²) in [5, 5.41) is 4.02. The molecule has 0 bridgehead atoms. The summed E-state index contributed by atoms with van der Waals surface area (Å²) in [4.78, 5) is 12.1. The summed E-state index contributed by atoms with van der Waals surface area (Å²) in [6.07, 6.45) is 0. The molecule has 98 valence electrons. The second-order valence-electron chi connectivity index (χ2n) is 3.90. The van der Waals surface area contributed by atoms with Crippen molar-refractivity contribution in [3.05, 3.63) is 67.2 Å². The number of carbonyl (C=O) groups is 1. The average Bonchev–Trinajstić information content (AvgIpc) is 2.40. The van der Waals surface area contributed by atoms with E-state index in [9.17, 15) is 4.79 Å². The quantitative estimate of drug-likeness (QED) is 0.747. The first kappa shape index (κ1) is 14.6. The van der Waals surface area contributed by atoms with E-state index in [1.807, 2.05) is 24.3 Å². The number of halogens is 3. The Labute approximate surface area is 135 Å². The molecule has 0 aliphatic rings. The molecule has 0 aromatic heterocycles. The third kappa shape index (κ3) is 3.84. The second-order valence-corrected chi connectivity index (χ2v) is 5.90. The highest BCUT2D eigenvalue weighted by Crippen LogP contribution is 2.19. The van der Waals surface area contributed by atoms with Crippen molar-refractivity contribution in [2.45, 2.75) is 6.54 Å². The van der Waals surface area contributed by atoms with Crippen LogP contribution in [-0.4, -0.2) is 5.91 Å². The molecule has 2 nitrogen and oxygen atoms in total. The van der Waals surface area contributed by atoms with Crippen molar-refractivity contribution in [2.24, 2.45) is 0 Å². The van der Waals surface area contributed by atoms with Crippen molar-refractivity contribution >= 4 is 51.7 Å². The van der Waals surface area contributed by atoms with Crippen LogP contribution in [0.1, 0.15) is 15.9 Å². The molecule has 0 radical (unpaired) electrons. The smallest absolute Gasteiger partial charge is 0.252 e. The minimum absolute atomic E-state index is 0.160. The van der Waals surface area contributed by atoms with Gasteiger partial charge in [-0.2, -0.15) is 0 Å². The van der Waals surface area contributed by atoms with Crippen LogP contribution in [0, 0.1) is 3.57 Å². The Morgan fingerprint density at radius 2 is 1.89 bits per heavy atom. The molecule has 5 heteroatoms. The van der Waals surface area contributed by atoms with Crippen molar-refractivity contribution in [3.8, 4) is 0 Å². The van der Waals surface area contributed by atoms with E-state index in [2.05, 4.69) is 27.9 Å². The van der Waals surface area contributed by atoms with Gasteiger partial charge in [0.15, 0.2) is 0 Å². The van der Waals surface area contributed by atoms with Crippen LogP contribution in [0.3, 0.4) is 0 Å². The Hall–Kier alpha value is -0.780. The third-order valence-electron chi connectivity index (χ3n) is 2.57. The molecular formula is C14H10Cl2INO. The molecule has 1 amide bonds. The van der Waals surface area contributed by atoms with E-state index in [4.69, 9.17) is 23.2 Å². The summed E-state index contributed by atoms with van der Waals surface area (Å²) in [5.41, 5.74) is 1.45. The van der Waals surface area contributed by atoms with Gasteiger partial charge in [-0.05, 0) is 52.4 Å². The topological polar surface area (TPSA) is 29.1 Å². The molecule has 0 unspecified atom stereocenters. The Bertz CT molecular complexity index is 616. The van der Waals surface area contributed by atoms with Gasteiger partial charge in [0.05, 0.1) is 5.56 Å². The van der Waals surface area contributed by atoms with Gasteiger partial charge in [0, 0.05) is 20.2 Å². The van der Waals surface area contributed by atoms with Crippen molar-refractivity contribution in [1.82, 2.24) is 5.32 Å². The minimum Gasteiger partial charge on any atom is -0.348 e. The number of carbonyl (C=O) groups excluding carboxylic acids is 1. The monoisotopic (exact) mass is 405 g/mol. The predicted octanol–water partition coefficient (Wildman–Crippen LogP) is 4.53. The highest BCUT2D eigenvalue weighted by atomic mass is 127. The van der Waals surface area contributed by atoms with Crippen molar-refractivity contribution in [2.75, 3.05) is 0 Å². The molecule has 0 saturated heterocycles. The second kappa shape index (κ2) is 6.59. The number of hydrogen-bond acceptors (Lipinski definition) is 1. The molecule has 0 saturated carbocycles. The molecular weight excluding hydrogens is 396 g/mol. The number of rotatable bonds is 3. The van der Waals surface area contributed by atoms with Crippen LogP contribution in [0.15, 0.2) is 42.5 Å². The number of benzene rings is 2. The maximum atomic E-state index is 12.1. The van der Waals surface area contributed by atoms with Crippen LogP contribution < -0.4 is 5.32 Å². The Morgan fingerprint density at radius 3 is 2.63 bits per heavy atom. The molecule has 19 heavy (non-hydrogen) atoms. The molecule has 2 aromatic carbocycles. The van der Waals surface area contributed by atoms with Crippen molar-refractivity contribution < 1.29 is 4.79 Å². The van der Waals surface area contributed by atoms with Crippen molar-refractivity contribution in [3.63, 3.8) is 0 Å². The molecule has 1 N–H and O–H groups in total. The zero-order valence-electron chi connectivity index (χ0n) is 9.79. The summed E-state index contributed by atoms with van der Waals surface area (Å²) in [7, 11) is 0. The fourth-order valence-electron chi connectivity index (χ4n) is 1.58. The standard InChI is InChI=1S/C14H10Cl2INO/c15-10-5-6-13(17)11(7-10)14(19)18-8-9-3-1-2-4-12(9)16/h1-7H,8H2,(H,18,19). The van der Waals surface area contributed by atoms with Gasteiger partial charge in [0.1, 0.15) is 0 Å². The Balaban J connectivity index is 2.10. The third-order valence-corrected chi connectivity index (χ3v) is 4.11. The first-order valence-corrected chi connectivity index (χ1v) is 7.38. The highest BCUT2D eigenvalue weighted by Gasteiger charge is 2.10. The molecule has 2 aromatic rings.